The zero-order chi connectivity index (χ0) is 12.2. The van der Waals surface area contributed by atoms with E-state index in [0.29, 0.717) is 6.54 Å². The summed E-state index contributed by atoms with van der Waals surface area (Å²) in [6.45, 7) is 2.84. The molecule has 2 amide bonds. The zero-order valence-corrected chi connectivity index (χ0v) is 10.3. The molecule has 94 valence electrons. The third kappa shape index (κ3) is 9.30. The Kier molecular flexibility index (Phi) is 9.46. The highest BCUT2D eigenvalue weighted by atomic mass is 16.5. The molecule has 0 aromatic rings. The number of ether oxygens (including phenoxy) is 1. The number of amidine groups is 1. The van der Waals surface area contributed by atoms with Crippen molar-refractivity contribution in [2.75, 3.05) is 13.7 Å². The second-order valence-electron chi connectivity index (χ2n) is 3.68. The molecule has 3 N–H and O–H groups in total. The minimum Gasteiger partial charge on any atom is -0.468 e. The highest BCUT2D eigenvalue weighted by Crippen LogP contribution is 2.03. The second kappa shape index (κ2) is 10.3. The summed E-state index contributed by atoms with van der Waals surface area (Å²) in [5, 5.41) is 12.0. The molecule has 0 rings (SSSR count). The Bertz CT molecular complexity index is 207. The molecular weight excluding hydrogens is 206 g/mol. The number of hydrogen-bond donors (Lipinski definition) is 3. The lowest BCUT2D eigenvalue weighted by Crippen LogP contribution is -2.40. The topological polar surface area (TPSA) is 74.2 Å². The van der Waals surface area contributed by atoms with Crippen LogP contribution in [0.25, 0.3) is 0 Å². The van der Waals surface area contributed by atoms with Crippen molar-refractivity contribution in [1.82, 2.24) is 10.6 Å². The van der Waals surface area contributed by atoms with Crippen molar-refractivity contribution in [1.29, 1.82) is 5.41 Å². The van der Waals surface area contributed by atoms with Crippen LogP contribution in [0.1, 0.15) is 45.4 Å². The summed E-state index contributed by atoms with van der Waals surface area (Å²) >= 11 is 0. The van der Waals surface area contributed by atoms with Gasteiger partial charge in [-0.2, -0.15) is 0 Å². The molecule has 16 heavy (non-hydrogen) atoms. The largest absolute Gasteiger partial charge is 0.468 e. The van der Waals surface area contributed by atoms with E-state index >= 15 is 0 Å². The molecule has 5 nitrogen and oxygen atoms in total. The molecule has 0 atom stereocenters. The van der Waals surface area contributed by atoms with Crippen LogP contribution in [0.2, 0.25) is 0 Å². The molecule has 0 aliphatic rings. The third-order valence-corrected chi connectivity index (χ3v) is 2.25. The number of rotatable bonds is 7. The molecule has 0 bridgehead atoms. The van der Waals surface area contributed by atoms with Crippen molar-refractivity contribution in [3.05, 3.63) is 0 Å². The maximum atomic E-state index is 11.1. The van der Waals surface area contributed by atoms with E-state index in [1.807, 2.05) is 0 Å². The molecule has 0 aliphatic carbocycles. The van der Waals surface area contributed by atoms with Gasteiger partial charge in [0.15, 0.2) is 0 Å². The van der Waals surface area contributed by atoms with E-state index in [-0.39, 0.29) is 12.1 Å². The number of methoxy groups -OCH3 is 1. The van der Waals surface area contributed by atoms with Gasteiger partial charge < -0.3 is 10.1 Å². The van der Waals surface area contributed by atoms with Gasteiger partial charge in [0.05, 0.1) is 7.11 Å². The lowest BCUT2D eigenvalue weighted by Gasteiger charge is -2.06. The number of unbranched alkanes of at least 4 members (excludes halogenated alkanes) is 5. The molecule has 0 saturated carbocycles. The molecule has 0 heterocycles. The van der Waals surface area contributed by atoms with Crippen LogP contribution in [0.4, 0.5) is 4.79 Å². The van der Waals surface area contributed by atoms with E-state index in [1.165, 1.54) is 32.8 Å². The molecule has 0 aliphatic heterocycles. The predicted molar refractivity (Wildman–Crippen MR) is 64.6 cm³/mol. The Morgan fingerprint density at radius 1 is 1.19 bits per heavy atom. The average molecular weight is 229 g/mol. The van der Waals surface area contributed by atoms with Gasteiger partial charge >= 0.3 is 6.03 Å². The molecular formula is C11H23N3O2. The van der Waals surface area contributed by atoms with Crippen molar-refractivity contribution < 1.29 is 9.53 Å². The van der Waals surface area contributed by atoms with Crippen LogP contribution < -0.4 is 10.6 Å². The summed E-state index contributed by atoms with van der Waals surface area (Å²) in [7, 11) is 1.34. The van der Waals surface area contributed by atoms with Crippen molar-refractivity contribution in [3.63, 3.8) is 0 Å². The molecule has 0 aromatic carbocycles. The van der Waals surface area contributed by atoms with Gasteiger partial charge in [0.25, 0.3) is 6.02 Å². The number of amides is 2. The van der Waals surface area contributed by atoms with E-state index in [0.717, 1.165) is 12.8 Å². The highest BCUT2D eigenvalue weighted by Gasteiger charge is 2.01. The van der Waals surface area contributed by atoms with E-state index < -0.39 is 0 Å². The Morgan fingerprint density at radius 2 is 1.81 bits per heavy atom. The molecule has 5 heteroatoms. The van der Waals surface area contributed by atoms with E-state index in [1.54, 1.807) is 0 Å². The number of urea groups is 1. The zero-order valence-electron chi connectivity index (χ0n) is 10.3. The number of nitrogens with one attached hydrogen (secondary N) is 3. The monoisotopic (exact) mass is 229 g/mol. The second-order valence-corrected chi connectivity index (χ2v) is 3.68. The first kappa shape index (κ1) is 14.7. The van der Waals surface area contributed by atoms with Crippen LogP contribution in [-0.2, 0) is 4.74 Å². The SMILES string of the molecule is CCCCCCCCNC(=O)NC(=N)OC. The molecule has 0 aromatic heterocycles. The van der Waals surface area contributed by atoms with E-state index in [2.05, 4.69) is 22.3 Å². The molecule has 0 unspecified atom stereocenters. The van der Waals surface area contributed by atoms with Gasteiger partial charge in [-0.15, -0.1) is 0 Å². The maximum Gasteiger partial charge on any atom is 0.322 e. The van der Waals surface area contributed by atoms with Gasteiger partial charge in [0.2, 0.25) is 0 Å². The van der Waals surface area contributed by atoms with Gasteiger partial charge in [-0.05, 0) is 6.42 Å². The van der Waals surface area contributed by atoms with Crippen LogP contribution in [0.5, 0.6) is 0 Å². The lowest BCUT2D eigenvalue weighted by molar-refractivity contribution is 0.242. The normalized spacial score (nSPS) is 9.62. The van der Waals surface area contributed by atoms with Crippen LogP contribution in [-0.4, -0.2) is 25.7 Å². The Balaban J connectivity index is 3.24. The standard InChI is InChI=1S/C11H23N3O2/c1-3-4-5-6-7-8-9-13-11(15)14-10(12)16-2/h3-9H2,1-2H3,(H3,12,13,14,15). The molecule has 0 radical (unpaired) electrons. The quantitative estimate of drug-likeness (QED) is 0.356. The van der Waals surface area contributed by atoms with E-state index in [4.69, 9.17) is 5.41 Å². The van der Waals surface area contributed by atoms with Crippen molar-refractivity contribution in [2.24, 2.45) is 0 Å². The summed E-state index contributed by atoms with van der Waals surface area (Å²) in [5.74, 6) is 0. The lowest BCUT2D eigenvalue weighted by atomic mass is 10.1. The molecule has 0 saturated heterocycles. The smallest absolute Gasteiger partial charge is 0.322 e. The summed E-state index contributed by atoms with van der Waals surface area (Å²) in [6.07, 6.45) is 7.17. The van der Waals surface area contributed by atoms with Gasteiger partial charge in [-0.1, -0.05) is 39.0 Å². The van der Waals surface area contributed by atoms with Gasteiger partial charge in [-0.3, -0.25) is 10.7 Å². The van der Waals surface area contributed by atoms with Crippen LogP contribution >= 0.6 is 0 Å². The third-order valence-electron chi connectivity index (χ3n) is 2.25. The maximum absolute atomic E-state index is 11.1. The van der Waals surface area contributed by atoms with Crippen molar-refractivity contribution in [3.8, 4) is 0 Å². The highest BCUT2D eigenvalue weighted by molar-refractivity contribution is 5.91. The van der Waals surface area contributed by atoms with Crippen LogP contribution in [0.3, 0.4) is 0 Å². The summed E-state index contributed by atoms with van der Waals surface area (Å²) in [4.78, 5) is 11.1. The van der Waals surface area contributed by atoms with Gasteiger partial charge in [-0.25, -0.2) is 4.79 Å². The Morgan fingerprint density at radius 3 is 2.44 bits per heavy atom. The predicted octanol–water partition coefficient (Wildman–Crippen LogP) is 2.23. The summed E-state index contributed by atoms with van der Waals surface area (Å²) in [6, 6.07) is -0.610. The first-order chi connectivity index (χ1) is 7.70. The average Bonchev–Trinajstić information content (AvgIpc) is 2.27. The fraction of sp³-hybridized carbons (Fsp3) is 0.818. The first-order valence-electron chi connectivity index (χ1n) is 5.88. The van der Waals surface area contributed by atoms with Gasteiger partial charge in [0.1, 0.15) is 0 Å². The van der Waals surface area contributed by atoms with Crippen molar-refractivity contribution in [2.45, 2.75) is 45.4 Å². The van der Waals surface area contributed by atoms with Crippen LogP contribution in [0.15, 0.2) is 0 Å². The summed E-state index contributed by atoms with van der Waals surface area (Å²) < 4.78 is 4.50. The van der Waals surface area contributed by atoms with E-state index in [9.17, 15) is 4.79 Å². The minimum atomic E-state index is -0.375. The first-order valence-corrected chi connectivity index (χ1v) is 5.88. The molecule has 0 spiro atoms. The summed E-state index contributed by atoms with van der Waals surface area (Å²) in [5.41, 5.74) is 0. The Hall–Kier alpha value is -1.26. The fourth-order valence-corrected chi connectivity index (χ4v) is 1.31. The van der Waals surface area contributed by atoms with Crippen LogP contribution in [0, 0.1) is 5.41 Å². The Labute approximate surface area is 97.4 Å². The number of hydrogen-bond acceptors (Lipinski definition) is 3. The number of carbonyl (C=O) groups is 1. The van der Waals surface area contributed by atoms with Gasteiger partial charge in [0, 0.05) is 6.54 Å². The minimum absolute atomic E-state index is 0.236. The fourth-order valence-electron chi connectivity index (χ4n) is 1.31. The number of carbonyl (C=O) groups excluding carboxylic acids is 1. The van der Waals surface area contributed by atoms with Crippen molar-refractivity contribution >= 4 is 12.1 Å². The molecule has 0 fully saturated rings.